The van der Waals surface area contributed by atoms with Crippen LogP contribution in [0.15, 0.2) is 46.9 Å². The lowest BCUT2D eigenvalue weighted by atomic mass is 9.93. The Hall–Kier alpha value is -2.83. The highest BCUT2D eigenvalue weighted by molar-refractivity contribution is 6.12. The fourth-order valence-electron chi connectivity index (χ4n) is 4.59. The Bertz CT molecular complexity index is 1040. The predicted octanol–water partition coefficient (Wildman–Crippen LogP) is 3.80. The van der Waals surface area contributed by atoms with Gasteiger partial charge in [-0.15, -0.1) is 0 Å². The summed E-state index contributed by atoms with van der Waals surface area (Å²) in [5.41, 5.74) is 2.65. The molecule has 6 nitrogen and oxygen atoms in total. The average molecular weight is 423 g/mol. The fraction of sp³-hybridized carbons (Fsp3) is 0.400. The van der Waals surface area contributed by atoms with Gasteiger partial charge in [0, 0.05) is 36.7 Å². The predicted molar refractivity (Wildman–Crippen MR) is 121 cm³/mol. The van der Waals surface area contributed by atoms with Gasteiger partial charge in [-0.1, -0.05) is 30.3 Å². The van der Waals surface area contributed by atoms with Crippen molar-refractivity contribution in [1.82, 2.24) is 10.2 Å². The lowest BCUT2D eigenvalue weighted by Crippen LogP contribution is -2.35. The van der Waals surface area contributed by atoms with Gasteiger partial charge in [-0.2, -0.15) is 0 Å². The van der Waals surface area contributed by atoms with Crippen LogP contribution in [0.5, 0.6) is 5.75 Å². The number of nitrogens with one attached hydrogen (secondary N) is 1. The van der Waals surface area contributed by atoms with Gasteiger partial charge in [0.1, 0.15) is 17.1 Å². The summed E-state index contributed by atoms with van der Waals surface area (Å²) in [5.74, 6) is 1.08. The van der Waals surface area contributed by atoms with Crippen LogP contribution in [-0.4, -0.2) is 54.3 Å². The van der Waals surface area contributed by atoms with Gasteiger partial charge in [-0.05, 0) is 56.8 Å². The highest BCUT2D eigenvalue weighted by Gasteiger charge is 2.26. The minimum atomic E-state index is -0.228. The molecule has 164 valence electrons. The normalized spacial score (nSPS) is 15.4. The molecule has 0 aliphatic carbocycles. The Labute approximate surface area is 182 Å². The van der Waals surface area contributed by atoms with Gasteiger partial charge in [0.05, 0.1) is 5.56 Å². The molecule has 0 spiro atoms. The number of amides is 1. The van der Waals surface area contributed by atoms with Crippen LogP contribution >= 0.6 is 0 Å². The first kappa shape index (κ1) is 21.4. The van der Waals surface area contributed by atoms with Crippen LogP contribution in [0, 0.1) is 5.92 Å². The number of furan rings is 1. The van der Waals surface area contributed by atoms with E-state index in [0.29, 0.717) is 34.6 Å². The Morgan fingerprint density at radius 1 is 1.16 bits per heavy atom. The Morgan fingerprint density at radius 3 is 2.58 bits per heavy atom. The highest BCUT2D eigenvalue weighted by Crippen LogP contribution is 2.39. The highest BCUT2D eigenvalue weighted by atomic mass is 16.3. The van der Waals surface area contributed by atoms with E-state index in [1.54, 1.807) is 19.2 Å². The molecule has 0 radical (unpaired) electrons. The molecule has 3 N–H and O–H groups in total. The Morgan fingerprint density at radius 2 is 1.90 bits per heavy atom. The Balaban J connectivity index is 1.66. The third-order valence-corrected chi connectivity index (χ3v) is 6.35. The van der Waals surface area contributed by atoms with E-state index >= 15 is 0 Å². The number of likely N-dealkylation sites (tertiary alicyclic amines) is 1. The molecule has 0 saturated carbocycles. The molecule has 1 saturated heterocycles. The number of carbonyl (C=O) groups excluding carboxylic acids is 1. The second-order valence-electron chi connectivity index (χ2n) is 8.24. The van der Waals surface area contributed by atoms with Gasteiger partial charge in [0.15, 0.2) is 0 Å². The molecule has 0 bridgehead atoms. The molecule has 6 heteroatoms. The van der Waals surface area contributed by atoms with Crippen molar-refractivity contribution in [2.45, 2.75) is 25.7 Å². The smallest absolute Gasteiger partial charge is 0.255 e. The molecule has 1 amide bonds. The van der Waals surface area contributed by atoms with E-state index in [9.17, 15) is 9.90 Å². The van der Waals surface area contributed by atoms with Crippen LogP contribution < -0.4 is 5.32 Å². The standard InChI is InChI=1S/C25H30N2O4/c1-26-25(30)23-22-19(11-15-27-13-9-17(10-14-27)12-16-28)20(29)7-8-21(22)31-24(23)18-5-3-2-4-6-18/h2-8,17,28-29H,9-16H2,1H3,(H,26,30). The fourth-order valence-corrected chi connectivity index (χ4v) is 4.59. The molecule has 3 aromatic rings. The summed E-state index contributed by atoms with van der Waals surface area (Å²) in [6.07, 6.45) is 3.68. The third-order valence-electron chi connectivity index (χ3n) is 6.35. The molecular weight excluding hydrogens is 392 g/mol. The van der Waals surface area contributed by atoms with E-state index in [2.05, 4.69) is 10.2 Å². The number of carbonyl (C=O) groups is 1. The molecule has 31 heavy (non-hydrogen) atoms. The summed E-state index contributed by atoms with van der Waals surface area (Å²) in [6.45, 7) is 3.04. The van der Waals surface area contributed by atoms with Crippen LogP contribution in [0.25, 0.3) is 22.3 Å². The van der Waals surface area contributed by atoms with Crippen molar-refractivity contribution in [2.24, 2.45) is 5.92 Å². The summed E-state index contributed by atoms with van der Waals surface area (Å²) >= 11 is 0. The van der Waals surface area contributed by atoms with Gasteiger partial charge in [0.2, 0.25) is 0 Å². The molecule has 0 atom stereocenters. The molecule has 2 heterocycles. The number of hydrogen-bond donors (Lipinski definition) is 3. The Kier molecular flexibility index (Phi) is 6.59. The van der Waals surface area contributed by atoms with Crippen molar-refractivity contribution in [3.63, 3.8) is 0 Å². The zero-order chi connectivity index (χ0) is 21.8. The minimum Gasteiger partial charge on any atom is -0.508 e. The second kappa shape index (κ2) is 9.54. The number of aliphatic hydroxyl groups excluding tert-OH is 1. The summed E-state index contributed by atoms with van der Waals surface area (Å²) in [5, 5.41) is 23.3. The number of fused-ring (bicyclic) bond motifs is 1. The van der Waals surface area contributed by atoms with E-state index in [4.69, 9.17) is 9.52 Å². The van der Waals surface area contributed by atoms with E-state index in [1.807, 2.05) is 30.3 Å². The molecule has 2 aromatic carbocycles. The number of phenolic OH excluding ortho intramolecular Hbond substituents is 1. The van der Waals surface area contributed by atoms with Crippen molar-refractivity contribution < 1.29 is 19.4 Å². The minimum absolute atomic E-state index is 0.188. The zero-order valence-electron chi connectivity index (χ0n) is 17.9. The largest absolute Gasteiger partial charge is 0.508 e. The maximum atomic E-state index is 12.9. The molecule has 1 fully saturated rings. The first-order valence-electron chi connectivity index (χ1n) is 11.0. The topological polar surface area (TPSA) is 85.9 Å². The van der Waals surface area contributed by atoms with E-state index in [0.717, 1.165) is 50.0 Å². The van der Waals surface area contributed by atoms with Crippen LogP contribution in [0.2, 0.25) is 0 Å². The summed E-state index contributed by atoms with van der Waals surface area (Å²) < 4.78 is 6.13. The molecule has 1 aromatic heterocycles. The SMILES string of the molecule is CNC(=O)c1c(-c2ccccc2)oc2ccc(O)c(CCN3CCC(CCO)CC3)c12. The van der Waals surface area contributed by atoms with Crippen LogP contribution in [-0.2, 0) is 6.42 Å². The number of benzene rings is 2. The number of nitrogens with zero attached hydrogens (tertiary/aromatic N) is 1. The van der Waals surface area contributed by atoms with E-state index in [1.165, 1.54) is 0 Å². The lowest BCUT2D eigenvalue weighted by molar-refractivity contribution is 0.0964. The van der Waals surface area contributed by atoms with Crippen LogP contribution in [0.3, 0.4) is 0 Å². The molecule has 4 rings (SSSR count). The molecule has 0 unspecified atom stereocenters. The van der Waals surface area contributed by atoms with Gasteiger partial charge in [0.25, 0.3) is 5.91 Å². The van der Waals surface area contributed by atoms with E-state index < -0.39 is 0 Å². The quantitative estimate of drug-likeness (QED) is 0.539. The zero-order valence-corrected chi connectivity index (χ0v) is 17.9. The number of piperidine rings is 1. The van der Waals surface area contributed by atoms with Gasteiger partial charge >= 0.3 is 0 Å². The maximum absolute atomic E-state index is 12.9. The second-order valence-corrected chi connectivity index (χ2v) is 8.24. The maximum Gasteiger partial charge on any atom is 0.255 e. The van der Waals surface area contributed by atoms with Crippen molar-refractivity contribution in [3.05, 3.63) is 53.6 Å². The van der Waals surface area contributed by atoms with Crippen LogP contribution in [0.4, 0.5) is 0 Å². The van der Waals surface area contributed by atoms with Crippen molar-refractivity contribution >= 4 is 16.9 Å². The summed E-state index contributed by atoms with van der Waals surface area (Å²) in [4.78, 5) is 15.3. The summed E-state index contributed by atoms with van der Waals surface area (Å²) in [7, 11) is 1.61. The molecular formula is C25H30N2O4. The van der Waals surface area contributed by atoms with Crippen molar-refractivity contribution in [3.8, 4) is 17.1 Å². The van der Waals surface area contributed by atoms with Gasteiger partial charge in [-0.25, -0.2) is 0 Å². The number of phenols is 1. The van der Waals surface area contributed by atoms with Crippen LogP contribution in [0.1, 0.15) is 35.2 Å². The van der Waals surface area contributed by atoms with Gasteiger partial charge < -0.3 is 24.8 Å². The van der Waals surface area contributed by atoms with Gasteiger partial charge in [-0.3, -0.25) is 4.79 Å². The number of hydrogen-bond acceptors (Lipinski definition) is 5. The number of rotatable bonds is 7. The first-order chi connectivity index (χ1) is 15.1. The third kappa shape index (κ3) is 4.45. The summed E-state index contributed by atoms with van der Waals surface area (Å²) in [6, 6.07) is 13.0. The first-order valence-corrected chi connectivity index (χ1v) is 11.0. The molecule has 1 aliphatic heterocycles. The van der Waals surface area contributed by atoms with Crippen molar-refractivity contribution in [1.29, 1.82) is 0 Å². The number of aromatic hydroxyl groups is 1. The number of aliphatic hydroxyl groups is 1. The monoisotopic (exact) mass is 422 g/mol. The van der Waals surface area contributed by atoms with Crippen molar-refractivity contribution in [2.75, 3.05) is 33.3 Å². The lowest BCUT2D eigenvalue weighted by Gasteiger charge is -2.31. The molecule has 1 aliphatic rings. The average Bonchev–Trinajstić information content (AvgIpc) is 3.19. The van der Waals surface area contributed by atoms with E-state index in [-0.39, 0.29) is 18.3 Å².